The molecule has 0 saturated carbocycles. The summed E-state index contributed by atoms with van der Waals surface area (Å²) in [6.45, 7) is 14.9. The van der Waals surface area contributed by atoms with Crippen LogP contribution in [0.1, 0.15) is 56.5 Å². The average Bonchev–Trinajstić information content (AvgIpc) is 2.57. The third-order valence-electron chi connectivity index (χ3n) is 5.06. The largest absolute Gasteiger partial charge is 0.493 e. The maximum atomic E-state index is 11.4. The van der Waals surface area contributed by atoms with Gasteiger partial charge in [0.1, 0.15) is 18.1 Å². The Kier molecular flexibility index (Phi) is 8.69. The van der Waals surface area contributed by atoms with E-state index in [9.17, 15) is 14.7 Å². The maximum absolute atomic E-state index is 11.4. The van der Waals surface area contributed by atoms with Gasteiger partial charge in [-0.15, -0.1) is 0 Å². The van der Waals surface area contributed by atoms with Crippen LogP contribution in [0.15, 0.2) is 12.1 Å². The van der Waals surface area contributed by atoms with Crippen molar-refractivity contribution in [3.63, 3.8) is 0 Å². The first-order chi connectivity index (χ1) is 12.9. The van der Waals surface area contributed by atoms with Crippen LogP contribution in [0.2, 0.25) is 18.1 Å². The van der Waals surface area contributed by atoms with Crippen LogP contribution in [-0.2, 0) is 9.22 Å². The van der Waals surface area contributed by atoms with Gasteiger partial charge >= 0.3 is 5.97 Å². The smallest absolute Gasteiger partial charge is 0.306 e. The SMILES string of the molecule is CCCOc1ccc(C=O)c(OC[C@H](CC(=O)O)O[Si](C)(C)C(C)(C)C)c1C. The van der Waals surface area contributed by atoms with E-state index in [0.717, 1.165) is 18.3 Å². The Hall–Kier alpha value is -1.86. The summed E-state index contributed by atoms with van der Waals surface area (Å²) in [4.78, 5) is 22.8. The molecule has 158 valence electrons. The Labute approximate surface area is 169 Å². The lowest BCUT2D eigenvalue weighted by molar-refractivity contribution is -0.139. The van der Waals surface area contributed by atoms with Gasteiger partial charge in [0.25, 0.3) is 0 Å². The molecule has 1 aromatic carbocycles. The highest BCUT2D eigenvalue weighted by Crippen LogP contribution is 2.38. The Morgan fingerprint density at radius 1 is 1.25 bits per heavy atom. The number of carbonyl (C=O) groups excluding carboxylic acids is 1. The Morgan fingerprint density at radius 3 is 2.39 bits per heavy atom. The molecule has 28 heavy (non-hydrogen) atoms. The summed E-state index contributed by atoms with van der Waals surface area (Å²) < 4.78 is 17.9. The van der Waals surface area contributed by atoms with Gasteiger partial charge in [-0.25, -0.2) is 0 Å². The zero-order chi connectivity index (χ0) is 21.5. The van der Waals surface area contributed by atoms with Gasteiger partial charge in [-0.3, -0.25) is 9.59 Å². The first kappa shape index (κ1) is 24.2. The molecule has 0 aliphatic rings. The van der Waals surface area contributed by atoms with Gasteiger partial charge in [-0.2, -0.15) is 0 Å². The number of aldehydes is 1. The molecule has 0 radical (unpaired) electrons. The van der Waals surface area contributed by atoms with Crippen molar-refractivity contribution in [1.82, 2.24) is 0 Å². The van der Waals surface area contributed by atoms with E-state index in [4.69, 9.17) is 13.9 Å². The summed E-state index contributed by atoms with van der Waals surface area (Å²) in [6.07, 6.45) is 0.838. The van der Waals surface area contributed by atoms with Crippen LogP contribution >= 0.6 is 0 Å². The molecular formula is C21H34O6Si. The van der Waals surface area contributed by atoms with Crippen molar-refractivity contribution in [2.24, 2.45) is 0 Å². The summed E-state index contributed by atoms with van der Waals surface area (Å²) in [7, 11) is -2.17. The molecule has 1 N–H and O–H groups in total. The van der Waals surface area contributed by atoms with Crippen LogP contribution in [0.25, 0.3) is 0 Å². The van der Waals surface area contributed by atoms with Gasteiger partial charge in [0, 0.05) is 5.56 Å². The average molecular weight is 411 g/mol. The Morgan fingerprint density at radius 2 is 1.89 bits per heavy atom. The maximum Gasteiger partial charge on any atom is 0.306 e. The van der Waals surface area contributed by atoms with Crippen LogP contribution in [0, 0.1) is 6.92 Å². The van der Waals surface area contributed by atoms with E-state index in [2.05, 4.69) is 33.9 Å². The molecule has 0 aromatic heterocycles. The molecule has 0 bridgehead atoms. The standard InChI is InChI=1S/C21H34O6Si/c1-8-11-25-18-10-9-16(13-22)20(15(18)2)26-14-17(12-19(23)24)27-28(6,7)21(3,4)5/h9-10,13,17H,8,11-12,14H2,1-7H3,(H,23,24)/t17-/m0/s1. The number of ether oxygens (including phenoxy) is 2. The van der Waals surface area contributed by atoms with Crippen molar-refractivity contribution in [3.8, 4) is 11.5 Å². The number of carbonyl (C=O) groups is 2. The number of hydrogen-bond acceptors (Lipinski definition) is 5. The molecule has 1 atom stereocenters. The highest BCUT2D eigenvalue weighted by molar-refractivity contribution is 6.74. The van der Waals surface area contributed by atoms with Crippen molar-refractivity contribution in [3.05, 3.63) is 23.3 Å². The molecule has 0 saturated heterocycles. The number of benzene rings is 1. The molecule has 0 aliphatic heterocycles. The number of rotatable bonds is 11. The molecule has 0 unspecified atom stereocenters. The Bertz CT molecular complexity index is 678. The van der Waals surface area contributed by atoms with Gasteiger partial charge in [0.15, 0.2) is 14.6 Å². The fourth-order valence-electron chi connectivity index (χ4n) is 2.45. The quantitative estimate of drug-likeness (QED) is 0.415. The molecule has 0 fully saturated rings. The second-order valence-electron chi connectivity index (χ2n) is 8.48. The number of aliphatic carboxylic acids is 1. The summed E-state index contributed by atoms with van der Waals surface area (Å²) in [6, 6.07) is 3.41. The number of hydrogen-bond donors (Lipinski definition) is 1. The van der Waals surface area contributed by atoms with E-state index in [1.165, 1.54) is 0 Å². The highest BCUT2D eigenvalue weighted by atomic mass is 28.4. The van der Waals surface area contributed by atoms with Crippen LogP contribution in [0.5, 0.6) is 11.5 Å². The predicted octanol–water partition coefficient (Wildman–Crippen LogP) is 4.84. The molecule has 0 heterocycles. The van der Waals surface area contributed by atoms with Crippen LogP contribution in [-0.4, -0.2) is 45.0 Å². The van der Waals surface area contributed by atoms with Gasteiger partial charge in [-0.05, 0) is 43.6 Å². The predicted molar refractivity (Wildman–Crippen MR) is 112 cm³/mol. The first-order valence-electron chi connectivity index (χ1n) is 9.67. The highest BCUT2D eigenvalue weighted by Gasteiger charge is 2.39. The summed E-state index contributed by atoms with van der Waals surface area (Å²) in [5.41, 5.74) is 1.13. The molecule has 1 aromatic rings. The lowest BCUT2D eigenvalue weighted by Crippen LogP contribution is -2.46. The molecule has 0 aliphatic carbocycles. The van der Waals surface area contributed by atoms with Crippen molar-refractivity contribution in [2.75, 3.05) is 13.2 Å². The van der Waals surface area contributed by atoms with Crippen molar-refractivity contribution in [1.29, 1.82) is 0 Å². The second-order valence-corrected chi connectivity index (χ2v) is 13.2. The second kappa shape index (κ2) is 10.1. The number of carboxylic acids is 1. The third-order valence-corrected chi connectivity index (χ3v) is 9.59. The minimum absolute atomic E-state index is 0.0533. The fourth-order valence-corrected chi connectivity index (χ4v) is 3.78. The van der Waals surface area contributed by atoms with E-state index < -0.39 is 20.4 Å². The molecule has 7 heteroatoms. The third kappa shape index (κ3) is 6.63. The molecule has 1 rings (SSSR count). The first-order valence-corrected chi connectivity index (χ1v) is 12.6. The zero-order valence-electron chi connectivity index (χ0n) is 18.1. The Balaban J connectivity index is 3.06. The topological polar surface area (TPSA) is 82.1 Å². The van der Waals surface area contributed by atoms with Crippen molar-refractivity contribution in [2.45, 2.75) is 71.7 Å². The van der Waals surface area contributed by atoms with Crippen LogP contribution in [0.4, 0.5) is 0 Å². The molecule has 0 amide bonds. The van der Waals surface area contributed by atoms with Gasteiger partial charge in [0.05, 0.1) is 24.7 Å². The van der Waals surface area contributed by atoms with E-state index in [1.807, 2.05) is 13.8 Å². The lowest BCUT2D eigenvalue weighted by Gasteiger charge is -2.39. The summed E-state index contributed by atoms with van der Waals surface area (Å²) in [5.74, 6) is 0.125. The molecule has 0 spiro atoms. The molecular weight excluding hydrogens is 376 g/mol. The minimum Gasteiger partial charge on any atom is -0.493 e. The van der Waals surface area contributed by atoms with Crippen molar-refractivity contribution >= 4 is 20.6 Å². The van der Waals surface area contributed by atoms with Crippen molar-refractivity contribution < 1.29 is 28.6 Å². The summed E-state index contributed by atoms with van der Waals surface area (Å²) >= 11 is 0. The van der Waals surface area contributed by atoms with Crippen LogP contribution in [0.3, 0.4) is 0 Å². The van der Waals surface area contributed by atoms with Gasteiger partial charge < -0.3 is 19.0 Å². The van der Waals surface area contributed by atoms with E-state index in [1.54, 1.807) is 12.1 Å². The summed E-state index contributed by atoms with van der Waals surface area (Å²) in [5, 5.41) is 9.23. The van der Waals surface area contributed by atoms with Crippen LogP contribution < -0.4 is 9.47 Å². The van der Waals surface area contributed by atoms with Gasteiger partial charge in [0.2, 0.25) is 0 Å². The van der Waals surface area contributed by atoms with E-state index in [-0.39, 0.29) is 18.1 Å². The minimum atomic E-state index is -2.17. The van der Waals surface area contributed by atoms with E-state index in [0.29, 0.717) is 23.7 Å². The normalized spacial score (nSPS) is 13.1. The van der Waals surface area contributed by atoms with E-state index >= 15 is 0 Å². The number of carboxylic acid groups (broad SMARTS) is 1. The molecule has 6 nitrogen and oxygen atoms in total. The monoisotopic (exact) mass is 410 g/mol. The fraction of sp³-hybridized carbons (Fsp3) is 0.619. The lowest BCUT2D eigenvalue weighted by atomic mass is 10.1. The van der Waals surface area contributed by atoms with Gasteiger partial charge in [-0.1, -0.05) is 27.7 Å². The zero-order valence-corrected chi connectivity index (χ0v) is 19.1.